The van der Waals surface area contributed by atoms with Crippen LogP contribution in [-0.2, 0) is 6.73 Å². The Labute approximate surface area is 168 Å². The number of hydrogen-bond acceptors (Lipinski definition) is 8. The van der Waals surface area contributed by atoms with Gasteiger partial charge in [-0.2, -0.15) is 4.68 Å². The zero-order valence-electron chi connectivity index (χ0n) is 14.9. The number of nitrogens with zero attached hydrogens (tertiary/aromatic N) is 7. The second kappa shape index (κ2) is 7.00. The molecular formula is C19H13N7O2S. The number of tetrazole rings is 1. The lowest BCUT2D eigenvalue weighted by Gasteiger charge is -2.13. The molecule has 2 aromatic carbocycles. The lowest BCUT2D eigenvalue weighted by Crippen LogP contribution is -2.04. The van der Waals surface area contributed by atoms with Gasteiger partial charge in [0, 0.05) is 11.1 Å². The molecule has 9 nitrogen and oxygen atoms in total. The number of hydrogen-bond donors (Lipinski definition) is 1. The highest BCUT2D eigenvalue weighted by molar-refractivity contribution is 7.71. The molecule has 0 aliphatic rings. The van der Waals surface area contributed by atoms with Crippen molar-refractivity contribution in [3.63, 3.8) is 0 Å². The van der Waals surface area contributed by atoms with Gasteiger partial charge in [0.1, 0.15) is 12.4 Å². The molecule has 1 N–H and O–H groups in total. The first kappa shape index (κ1) is 17.3. The van der Waals surface area contributed by atoms with Gasteiger partial charge in [0.15, 0.2) is 0 Å². The summed E-state index contributed by atoms with van der Waals surface area (Å²) < 4.78 is 8.21. The van der Waals surface area contributed by atoms with Crippen LogP contribution in [-0.4, -0.2) is 40.1 Å². The van der Waals surface area contributed by atoms with Crippen molar-refractivity contribution in [2.24, 2.45) is 0 Å². The van der Waals surface area contributed by atoms with Crippen LogP contribution in [0.3, 0.4) is 0 Å². The molecule has 3 heterocycles. The highest BCUT2D eigenvalue weighted by Crippen LogP contribution is 2.39. The Bertz CT molecular complexity index is 1360. The number of aliphatic hydroxyl groups excluding tert-OH is 1. The number of aliphatic hydroxyl groups is 1. The van der Waals surface area contributed by atoms with Crippen LogP contribution < -0.4 is 0 Å². The van der Waals surface area contributed by atoms with E-state index in [1.165, 1.54) is 9.31 Å². The Hall–Kier alpha value is -3.76. The van der Waals surface area contributed by atoms with Crippen LogP contribution in [0.15, 0.2) is 65.1 Å². The molecule has 142 valence electrons. The van der Waals surface area contributed by atoms with Crippen molar-refractivity contribution >= 4 is 17.9 Å². The van der Waals surface area contributed by atoms with Gasteiger partial charge in [-0.05, 0) is 28.2 Å². The molecule has 0 spiro atoms. The standard InChI is InChI=1S/C19H13N7O2S/c27-11-25-19(29)28-18(22-25)15-14(12-7-3-1-4-8-12)16(13-9-5-2-6-10-13)21-26-17(15)20-23-24-26/h1-10,27H,11H2. The largest absolute Gasteiger partial charge is 0.409 e. The zero-order valence-corrected chi connectivity index (χ0v) is 15.7. The smallest absolute Gasteiger partial charge is 0.289 e. The van der Waals surface area contributed by atoms with E-state index < -0.39 is 6.73 Å². The molecule has 10 heteroatoms. The molecule has 0 aliphatic carbocycles. The van der Waals surface area contributed by atoms with E-state index >= 15 is 0 Å². The minimum Gasteiger partial charge on any atom is -0.409 e. The molecule has 0 atom stereocenters. The van der Waals surface area contributed by atoms with E-state index in [4.69, 9.17) is 16.6 Å². The van der Waals surface area contributed by atoms with Crippen molar-refractivity contribution in [2.45, 2.75) is 6.73 Å². The molecule has 0 aliphatic heterocycles. The Kier molecular flexibility index (Phi) is 4.19. The van der Waals surface area contributed by atoms with Gasteiger partial charge in [-0.15, -0.1) is 19.9 Å². The third kappa shape index (κ3) is 2.91. The van der Waals surface area contributed by atoms with Crippen molar-refractivity contribution in [3.05, 3.63) is 65.5 Å². The van der Waals surface area contributed by atoms with E-state index in [0.29, 0.717) is 16.9 Å². The van der Waals surface area contributed by atoms with E-state index in [0.717, 1.165) is 16.7 Å². The summed E-state index contributed by atoms with van der Waals surface area (Å²) in [5.41, 5.74) is 4.08. The van der Waals surface area contributed by atoms with Gasteiger partial charge in [0.2, 0.25) is 5.65 Å². The van der Waals surface area contributed by atoms with Gasteiger partial charge in [0.05, 0.1) is 5.56 Å². The van der Waals surface area contributed by atoms with Gasteiger partial charge in [-0.25, -0.2) is 0 Å². The van der Waals surface area contributed by atoms with Crippen LogP contribution in [0.5, 0.6) is 0 Å². The van der Waals surface area contributed by atoms with Crippen LogP contribution in [0, 0.1) is 4.84 Å². The fourth-order valence-corrected chi connectivity index (χ4v) is 3.34. The Balaban J connectivity index is 1.94. The summed E-state index contributed by atoms with van der Waals surface area (Å²) in [5.74, 6) is 0.197. The third-order valence-corrected chi connectivity index (χ3v) is 4.72. The summed E-state index contributed by atoms with van der Waals surface area (Å²) in [6.45, 7) is -0.402. The van der Waals surface area contributed by atoms with Crippen molar-refractivity contribution in [3.8, 4) is 33.8 Å². The maximum absolute atomic E-state index is 9.49. The molecule has 3 aromatic heterocycles. The fourth-order valence-electron chi connectivity index (χ4n) is 3.16. The number of aromatic nitrogens is 7. The normalized spacial score (nSPS) is 11.2. The van der Waals surface area contributed by atoms with Crippen LogP contribution in [0.4, 0.5) is 0 Å². The first-order valence-electron chi connectivity index (χ1n) is 8.68. The van der Waals surface area contributed by atoms with Crippen molar-refractivity contribution < 1.29 is 9.52 Å². The lowest BCUT2D eigenvalue weighted by molar-refractivity contribution is 0.190. The van der Waals surface area contributed by atoms with Crippen molar-refractivity contribution in [1.82, 2.24) is 35.0 Å². The average molecular weight is 403 g/mol. The molecule has 0 saturated heterocycles. The molecule has 0 fully saturated rings. The first-order valence-corrected chi connectivity index (χ1v) is 9.09. The first-order chi connectivity index (χ1) is 14.3. The third-order valence-electron chi connectivity index (χ3n) is 4.42. The van der Waals surface area contributed by atoms with Crippen molar-refractivity contribution in [2.75, 3.05) is 0 Å². The van der Waals surface area contributed by atoms with E-state index in [9.17, 15) is 5.11 Å². The van der Waals surface area contributed by atoms with Crippen LogP contribution in [0.1, 0.15) is 0 Å². The topological polar surface area (TPSA) is 107 Å². The molecule has 0 bridgehead atoms. The predicted molar refractivity (Wildman–Crippen MR) is 106 cm³/mol. The fraction of sp³-hybridized carbons (Fsp3) is 0.0526. The summed E-state index contributed by atoms with van der Waals surface area (Å²) in [4.78, 5) is 0.0465. The number of fused-ring (bicyclic) bond motifs is 1. The number of rotatable bonds is 4. The zero-order chi connectivity index (χ0) is 19.8. The molecule has 5 aromatic rings. The predicted octanol–water partition coefficient (Wildman–Crippen LogP) is 2.99. The second-order valence-corrected chi connectivity index (χ2v) is 6.49. The van der Waals surface area contributed by atoms with Gasteiger partial charge in [-0.1, -0.05) is 60.7 Å². The monoisotopic (exact) mass is 403 g/mol. The maximum Gasteiger partial charge on any atom is 0.289 e. The van der Waals surface area contributed by atoms with E-state index in [2.05, 4.69) is 25.7 Å². The molecular weight excluding hydrogens is 390 g/mol. The van der Waals surface area contributed by atoms with Gasteiger partial charge >= 0.3 is 0 Å². The van der Waals surface area contributed by atoms with Crippen LogP contribution in [0.2, 0.25) is 0 Å². The summed E-state index contributed by atoms with van der Waals surface area (Å²) in [6.07, 6.45) is 0. The lowest BCUT2D eigenvalue weighted by atomic mass is 9.95. The van der Waals surface area contributed by atoms with Gasteiger partial charge in [0.25, 0.3) is 10.7 Å². The average Bonchev–Trinajstić information content (AvgIpc) is 3.39. The highest BCUT2D eigenvalue weighted by Gasteiger charge is 2.25. The van der Waals surface area contributed by atoms with E-state index in [1.54, 1.807) is 0 Å². The second-order valence-electron chi connectivity index (χ2n) is 6.14. The molecule has 29 heavy (non-hydrogen) atoms. The Morgan fingerprint density at radius 1 is 0.897 bits per heavy atom. The Morgan fingerprint density at radius 2 is 1.59 bits per heavy atom. The molecule has 0 saturated carbocycles. The molecule has 5 rings (SSSR count). The van der Waals surface area contributed by atoms with E-state index in [1.807, 2.05) is 60.7 Å². The number of benzene rings is 2. The quantitative estimate of drug-likeness (QED) is 0.456. The summed E-state index contributed by atoms with van der Waals surface area (Å²) in [7, 11) is 0. The van der Waals surface area contributed by atoms with Gasteiger partial charge < -0.3 is 9.52 Å². The van der Waals surface area contributed by atoms with Crippen LogP contribution in [0.25, 0.3) is 39.5 Å². The van der Waals surface area contributed by atoms with Crippen molar-refractivity contribution in [1.29, 1.82) is 0 Å². The summed E-state index contributed by atoms with van der Waals surface area (Å²) >= 11 is 5.16. The minimum atomic E-state index is -0.402. The highest BCUT2D eigenvalue weighted by atomic mass is 32.1. The SMILES string of the molecule is OCn1nc(-c2c(-c3ccccc3)c(-c3ccccc3)nn3nnnc23)oc1=S. The van der Waals surface area contributed by atoms with Crippen LogP contribution >= 0.6 is 12.2 Å². The summed E-state index contributed by atoms with van der Waals surface area (Å²) in [6, 6.07) is 19.4. The Morgan fingerprint density at radius 3 is 2.24 bits per heavy atom. The minimum absolute atomic E-state index is 0.0465. The summed E-state index contributed by atoms with van der Waals surface area (Å²) in [5, 5.41) is 30.3. The van der Waals surface area contributed by atoms with Gasteiger partial charge in [-0.3, -0.25) is 0 Å². The molecule has 0 amide bonds. The van der Waals surface area contributed by atoms with E-state index in [-0.39, 0.29) is 10.7 Å². The maximum atomic E-state index is 9.49. The molecule has 0 radical (unpaired) electrons. The molecule has 0 unspecified atom stereocenters.